The number of carbonyl (C=O) groups excluding carboxylic acids is 1. The molecule has 1 aliphatic carbocycles. The normalized spacial score (nSPS) is 19.8. The maximum atomic E-state index is 12.5. The van der Waals surface area contributed by atoms with Crippen LogP contribution in [0.2, 0.25) is 10.0 Å². The van der Waals surface area contributed by atoms with Crippen LogP contribution < -0.4 is 0 Å². The molecule has 0 radical (unpaired) electrons. The van der Waals surface area contributed by atoms with E-state index in [9.17, 15) is 9.90 Å². The quantitative estimate of drug-likeness (QED) is 0.914. The van der Waals surface area contributed by atoms with Gasteiger partial charge in [-0.2, -0.15) is 10.2 Å². The molecule has 1 heterocycles. The molecule has 1 amide bonds. The fourth-order valence-corrected chi connectivity index (χ4v) is 3.43. The third kappa shape index (κ3) is 2.56. The highest BCUT2D eigenvalue weighted by atomic mass is 35.5. The van der Waals surface area contributed by atoms with Gasteiger partial charge in [0.15, 0.2) is 0 Å². The van der Waals surface area contributed by atoms with E-state index in [1.807, 2.05) is 0 Å². The predicted octanol–water partition coefficient (Wildman–Crippen LogP) is 2.51. The summed E-state index contributed by atoms with van der Waals surface area (Å²) in [6.45, 7) is 0. The molecular weight excluding hydrogens is 325 g/mol. The predicted molar refractivity (Wildman–Crippen MR) is 83.0 cm³/mol. The Morgan fingerprint density at radius 3 is 2.82 bits per heavy atom. The minimum atomic E-state index is -0.727. The number of aromatic nitrogens is 2. The molecule has 0 saturated heterocycles. The van der Waals surface area contributed by atoms with E-state index in [0.29, 0.717) is 22.0 Å². The Hall–Kier alpha value is -1.69. The van der Waals surface area contributed by atoms with Crippen molar-refractivity contribution in [2.75, 3.05) is 7.05 Å². The van der Waals surface area contributed by atoms with Gasteiger partial charge in [-0.3, -0.25) is 4.79 Å². The Kier molecular flexibility index (Phi) is 4.04. The Morgan fingerprint density at radius 1 is 1.36 bits per heavy atom. The fraction of sp³-hybridized carbons (Fsp3) is 0.267. The average Bonchev–Trinajstić information content (AvgIpc) is 2.83. The number of hydrogen-bond donors (Lipinski definition) is 1. The second-order valence-electron chi connectivity index (χ2n) is 5.22. The number of fused-ring (bicyclic) bond motifs is 1. The zero-order valence-electron chi connectivity index (χ0n) is 11.7. The van der Waals surface area contributed by atoms with Crippen LogP contribution in [0.5, 0.6) is 0 Å². The van der Waals surface area contributed by atoms with E-state index in [4.69, 9.17) is 23.2 Å². The van der Waals surface area contributed by atoms with Crippen molar-refractivity contribution in [2.24, 2.45) is 0 Å². The average molecular weight is 338 g/mol. The third-order valence-corrected chi connectivity index (χ3v) is 4.42. The van der Waals surface area contributed by atoms with Crippen molar-refractivity contribution in [3.05, 3.63) is 57.3 Å². The van der Waals surface area contributed by atoms with Gasteiger partial charge in [-0.25, -0.2) is 0 Å². The lowest BCUT2D eigenvalue weighted by atomic mass is 10.1. The molecule has 22 heavy (non-hydrogen) atoms. The molecule has 2 aromatic rings. The molecule has 5 nitrogen and oxygen atoms in total. The molecule has 3 rings (SSSR count). The van der Waals surface area contributed by atoms with Crippen molar-refractivity contribution in [2.45, 2.75) is 18.6 Å². The number of benzene rings is 1. The fourth-order valence-electron chi connectivity index (χ4n) is 2.84. The number of likely N-dealkylation sites (N-methyl/N-ethyl adjacent to an activating group) is 1. The molecule has 1 aromatic heterocycles. The zero-order chi connectivity index (χ0) is 15.9. The van der Waals surface area contributed by atoms with Crippen molar-refractivity contribution in [3.63, 3.8) is 0 Å². The number of aliphatic hydroxyl groups is 1. The van der Waals surface area contributed by atoms with Gasteiger partial charge in [0.05, 0.1) is 30.1 Å². The highest BCUT2D eigenvalue weighted by Gasteiger charge is 2.37. The van der Waals surface area contributed by atoms with Gasteiger partial charge in [0.25, 0.3) is 5.91 Å². The van der Waals surface area contributed by atoms with Crippen molar-refractivity contribution in [3.8, 4) is 0 Å². The van der Waals surface area contributed by atoms with Crippen molar-refractivity contribution >= 4 is 29.1 Å². The van der Waals surface area contributed by atoms with Crippen LogP contribution in [0.1, 0.15) is 27.5 Å². The highest BCUT2D eigenvalue weighted by Crippen LogP contribution is 2.41. The monoisotopic (exact) mass is 337 g/mol. The van der Waals surface area contributed by atoms with Gasteiger partial charge in [0.1, 0.15) is 0 Å². The summed E-state index contributed by atoms with van der Waals surface area (Å²) < 4.78 is 0. The van der Waals surface area contributed by atoms with E-state index in [1.54, 1.807) is 25.2 Å². The zero-order valence-corrected chi connectivity index (χ0v) is 13.2. The van der Waals surface area contributed by atoms with Crippen LogP contribution in [0.25, 0.3) is 0 Å². The third-order valence-electron chi connectivity index (χ3n) is 3.86. The van der Waals surface area contributed by atoms with E-state index in [0.717, 1.165) is 11.1 Å². The summed E-state index contributed by atoms with van der Waals surface area (Å²) in [7, 11) is 1.64. The molecule has 1 aromatic carbocycles. The second kappa shape index (κ2) is 5.83. The first-order chi connectivity index (χ1) is 10.5. The van der Waals surface area contributed by atoms with E-state index in [-0.39, 0.29) is 5.91 Å². The van der Waals surface area contributed by atoms with Crippen molar-refractivity contribution < 1.29 is 9.90 Å². The molecule has 0 unspecified atom stereocenters. The van der Waals surface area contributed by atoms with Gasteiger partial charge >= 0.3 is 0 Å². The van der Waals surface area contributed by atoms with Gasteiger partial charge in [-0.1, -0.05) is 23.2 Å². The summed E-state index contributed by atoms with van der Waals surface area (Å²) in [4.78, 5) is 14.0. The SMILES string of the molecule is CN(C(=O)c1ccnnc1)[C@H]1c2cc(Cl)cc(Cl)c2C[C@@H]1O. The van der Waals surface area contributed by atoms with Crippen LogP contribution in [-0.2, 0) is 6.42 Å². The summed E-state index contributed by atoms with van der Waals surface area (Å²) in [5.41, 5.74) is 2.02. The Balaban J connectivity index is 1.98. The molecule has 0 bridgehead atoms. The number of aliphatic hydroxyl groups excluding tert-OH is 1. The molecule has 1 aliphatic rings. The van der Waals surface area contributed by atoms with Crippen LogP contribution in [0, 0.1) is 0 Å². The lowest BCUT2D eigenvalue weighted by Crippen LogP contribution is -2.36. The summed E-state index contributed by atoms with van der Waals surface area (Å²) >= 11 is 12.2. The standard InChI is InChI=1S/C15H13Cl2N3O2/c1-20(15(22)8-2-3-18-19-7-8)14-11-4-9(16)5-12(17)10(11)6-13(14)21/h2-5,7,13-14,21H,6H2,1H3/t13-,14-/m0/s1. The van der Waals surface area contributed by atoms with E-state index >= 15 is 0 Å². The van der Waals surface area contributed by atoms with E-state index in [1.165, 1.54) is 17.3 Å². The number of nitrogens with zero attached hydrogens (tertiary/aromatic N) is 3. The Labute approximate surface area is 137 Å². The summed E-state index contributed by atoms with van der Waals surface area (Å²) in [6, 6.07) is 4.48. The molecule has 7 heteroatoms. The van der Waals surface area contributed by atoms with Crippen LogP contribution in [-0.4, -0.2) is 39.3 Å². The van der Waals surface area contributed by atoms with Gasteiger partial charge in [-0.15, -0.1) is 0 Å². The van der Waals surface area contributed by atoms with Gasteiger partial charge < -0.3 is 10.0 Å². The summed E-state index contributed by atoms with van der Waals surface area (Å²) in [5.74, 6) is -0.247. The summed E-state index contributed by atoms with van der Waals surface area (Å²) in [6.07, 6.45) is 2.51. The van der Waals surface area contributed by atoms with Gasteiger partial charge in [0, 0.05) is 23.5 Å². The van der Waals surface area contributed by atoms with Crippen molar-refractivity contribution in [1.29, 1.82) is 0 Å². The number of carbonyl (C=O) groups is 1. The van der Waals surface area contributed by atoms with E-state index in [2.05, 4.69) is 10.2 Å². The number of amides is 1. The molecule has 0 saturated carbocycles. The number of rotatable bonds is 2. The lowest BCUT2D eigenvalue weighted by Gasteiger charge is -2.28. The van der Waals surface area contributed by atoms with Crippen LogP contribution in [0.15, 0.2) is 30.6 Å². The second-order valence-corrected chi connectivity index (χ2v) is 6.06. The first-order valence-corrected chi connectivity index (χ1v) is 7.44. The smallest absolute Gasteiger partial charge is 0.255 e. The molecule has 0 fully saturated rings. The lowest BCUT2D eigenvalue weighted by molar-refractivity contribution is 0.0497. The maximum absolute atomic E-state index is 12.5. The molecule has 0 spiro atoms. The van der Waals surface area contributed by atoms with Crippen LogP contribution >= 0.6 is 23.2 Å². The molecule has 1 N–H and O–H groups in total. The van der Waals surface area contributed by atoms with Crippen molar-refractivity contribution in [1.82, 2.24) is 15.1 Å². The first-order valence-electron chi connectivity index (χ1n) is 6.68. The minimum absolute atomic E-state index is 0.247. The number of hydrogen-bond acceptors (Lipinski definition) is 4. The van der Waals surface area contributed by atoms with E-state index < -0.39 is 12.1 Å². The molecule has 2 atom stereocenters. The molecule has 114 valence electrons. The van der Waals surface area contributed by atoms with Crippen LogP contribution in [0.3, 0.4) is 0 Å². The molecular formula is C15H13Cl2N3O2. The van der Waals surface area contributed by atoms with Gasteiger partial charge in [-0.05, 0) is 29.3 Å². The minimum Gasteiger partial charge on any atom is -0.390 e. The topological polar surface area (TPSA) is 66.3 Å². The highest BCUT2D eigenvalue weighted by molar-refractivity contribution is 6.35. The largest absolute Gasteiger partial charge is 0.390 e. The Morgan fingerprint density at radius 2 is 2.14 bits per heavy atom. The van der Waals surface area contributed by atoms with Crippen LogP contribution in [0.4, 0.5) is 0 Å². The summed E-state index contributed by atoms with van der Waals surface area (Å²) in [5, 5.41) is 18.7. The maximum Gasteiger partial charge on any atom is 0.255 e. The molecule has 0 aliphatic heterocycles. The first kappa shape index (κ1) is 15.2. The Bertz CT molecular complexity index is 724. The number of halogens is 2. The van der Waals surface area contributed by atoms with Gasteiger partial charge in [0.2, 0.25) is 0 Å².